The van der Waals surface area contributed by atoms with E-state index in [0.717, 1.165) is 6.42 Å². The van der Waals surface area contributed by atoms with Gasteiger partial charge in [0, 0.05) is 6.42 Å². The Morgan fingerprint density at radius 1 is 1.53 bits per heavy atom. The largest absolute Gasteiger partial charge is 0.502 e. The van der Waals surface area contributed by atoms with Crippen LogP contribution in [0.4, 0.5) is 0 Å². The number of rotatable bonds is 2. The van der Waals surface area contributed by atoms with E-state index in [0.29, 0.717) is 12.2 Å². The summed E-state index contributed by atoms with van der Waals surface area (Å²) in [6.07, 6.45) is 0.528. The molecule has 1 aliphatic heterocycles. The number of carbonyl (C=O) groups excluding carboxylic acids is 1. The molecule has 1 heterocycles. The average molecular weight is 216 g/mol. The SMILES string of the molecule is CC1=C(O)C(=O)C(C)O1.CCCC(=O)O. The van der Waals surface area contributed by atoms with Crippen molar-refractivity contribution in [3.05, 3.63) is 11.5 Å². The fraction of sp³-hybridized carbons (Fsp3) is 0.600. The number of aliphatic hydroxyl groups excluding tert-OH is 1. The molecule has 5 heteroatoms. The van der Waals surface area contributed by atoms with Gasteiger partial charge < -0.3 is 14.9 Å². The van der Waals surface area contributed by atoms with Crippen molar-refractivity contribution in [1.82, 2.24) is 0 Å². The maximum Gasteiger partial charge on any atom is 0.303 e. The number of hydrogen-bond donors (Lipinski definition) is 2. The topological polar surface area (TPSA) is 83.8 Å². The predicted octanol–water partition coefficient (Wildman–Crippen LogP) is 1.63. The third-order valence-electron chi connectivity index (χ3n) is 1.75. The number of ketones is 1. The highest BCUT2D eigenvalue weighted by atomic mass is 16.5. The second kappa shape index (κ2) is 6.06. The molecule has 0 fully saturated rings. The van der Waals surface area contributed by atoms with Crippen LogP contribution in [0.15, 0.2) is 11.5 Å². The van der Waals surface area contributed by atoms with E-state index >= 15 is 0 Å². The quantitative estimate of drug-likeness (QED) is 0.733. The number of ether oxygens (including phenoxy) is 1. The molecule has 1 aliphatic rings. The molecule has 0 aromatic rings. The minimum Gasteiger partial charge on any atom is -0.502 e. The first-order valence-corrected chi connectivity index (χ1v) is 4.72. The number of allylic oxidation sites excluding steroid dienone is 1. The summed E-state index contributed by atoms with van der Waals surface area (Å²) in [6, 6.07) is 0. The summed E-state index contributed by atoms with van der Waals surface area (Å²) in [5, 5.41) is 16.8. The van der Waals surface area contributed by atoms with E-state index in [2.05, 4.69) is 0 Å². The fourth-order valence-corrected chi connectivity index (χ4v) is 0.954. The van der Waals surface area contributed by atoms with E-state index in [1.54, 1.807) is 13.8 Å². The first-order chi connectivity index (χ1) is 6.90. The van der Waals surface area contributed by atoms with Crippen molar-refractivity contribution in [3.63, 3.8) is 0 Å². The first kappa shape index (κ1) is 13.5. The lowest BCUT2D eigenvalue weighted by atomic mass is 10.2. The molecule has 0 spiro atoms. The van der Waals surface area contributed by atoms with Gasteiger partial charge >= 0.3 is 5.97 Å². The summed E-state index contributed by atoms with van der Waals surface area (Å²) in [7, 11) is 0. The number of Topliss-reactive ketones (excluding diaryl/α,β-unsaturated/α-hetero) is 1. The highest BCUT2D eigenvalue weighted by Crippen LogP contribution is 2.17. The lowest BCUT2D eigenvalue weighted by Gasteiger charge is -1.99. The van der Waals surface area contributed by atoms with Crippen LogP contribution in [0.5, 0.6) is 0 Å². The summed E-state index contributed by atoms with van der Waals surface area (Å²) in [6.45, 7) is 5.01. The van der Waals surface area contributed by atoms with Gasteiger partial charge in [-0.05, 0) is 20.3 Å². The Kier molecular flexibility index (Phi) is 5.44. The predicted molar refractivity (Wildman–Crippen MR) is 53.4 cm³/mol. The van der Waals surface area contributed by atoms with Crippen molar-refractivity contribution >= 4 is 11.8 Å². The Bertz CT molecular complexity index is 280. The maximum absolute atomic E-state index is 10.7. The molecule has 0 bridgehead atoms. The highest BCUT2D eigenvalue weighted by molar-refractivity contribution is 5.98. The Labute approximate surface area is 88.4 Å². The van der Waals surface area contributed by atoms with E-state index in [9.17, 15) is 9.59 Å². The van der Waals surface area contributed by atoms with Crippen LogP contribution < -0.4 is 0 Å². The monoisotopic (exact) mass is 216 g/mol. The van der Waals surface area contributed by atoms with Gasteiger partial charge in [0.15, 0.2) is 6.10 Å². The smallest absolute Gasteiger partial charge is 0.303 e. The van der Waals surface area contributed by atoms with Gasteiger partial charge in [0.2, 0.25) is 11.5 Å². The molecule has 15 heavy (non-hydrogen) atoms. The van der Waals surface area contributed by atoms with Crippen LogP contribution in [0.25, 0.3) is 0 Å². The van der Waals surface area contributed by atoms with Gasteiger partial charge in [-0.1, -0.05) is 6.92 Å². The maximum atomic E-state index is 10.7. The zero-order valence-corrected chi connectivity index (χ0v) is 9.11. The summed E-state index contributed by atoms with van der Waals surface area (Å²) < 4.78 is 4.87. The number of carboxylic acid groups (broad SMARTS) is 1. The van der Waals surface area contributed by atoms with Gasteiger partial charge in [0.1, 0.15) is 5.76 Å². The first-order valence-electron chi connectivity index (χ1n) is 4.72. The number of aliphatic carboxylic acids is 1. The highest BCUT2D eigenvalue weighted by Gasteiger charge is 2.28. The molecular formula is C10H16O5. The number of aliphatic hydroxyl groups is 1. The Balaban J connectivity index is 0.000000288. The van der Waals surface area contributed by atoms with Crippen molar-refractivity contribution < 1.29 is 24.5 Å². The minimum absolute atomic E-state index is 0.234. The zero-order chi connectivity index (χ0) is 12.0. The Morgan fingerprint density at radius 3 is 2.13 bits per heavy atom. The summed E-state index contributed by atoms with van der Waals surface area (Å²) in [5.74, 6) is -0.944. The van der Waals surface area contributed by atoms with E-state index in [-0.39, 0.29) is 11.5 Å². The van der Waals surface area contributed by atoms with Crippen molar-refractivity contribution in [1.29, 1.82) is 0 Å². The van der Waals surface area contributed by atoms with Gasteiger partial charge in [-0.15, -0.1) is 0 Å². The normalized spacial score (nSPS) is 19.4. The van der Waals surface area contributed by atoms with Crippen LogP contribution in [0, 0.1) is 0 Å². The van der Waals surface area contributed by atoms with Crippen molar-refractivity contribution in [2.24, 2.45) is 0 Å². The van der Waals surface area contributed by atoms with Crippen LogP contribution in [-0.2, 0) is 14.3 Å². The van der Waals surface area contributed by atoms with Gasteiger partial charge in [-0.3, -0.25) is 9.59 Å². The van der Waals surface area contributed by atoms with E-state index in [1.807, 2.05) is 6.92 Å². The summed E-state index contributed by atoms with van der Waals surface area (Å²) >= 11 is 0. The summed E-state index contributed by atoms with van der Waals surface area (Å²) in [5.41, 5.74) is 0. The molecule has 0 radical (unpaired) electrons. The molecule has 86 valence electrons. The summed E-state index contributed by atoms with van der Waals surface area (Å²) in [4.78, 5) is 20.3. The minimum atomic E-state index is -0.711. The molecule has 0 aromatic carbocycles. The van der Waals surface area contributed by atoms with Crippen LogP contribution in [0.2, 0.25) is 0 Å². The lowest BCUT2D eigenvalue weighted by Crippen LogP contribution is -2.12. The number of hydrogen-bond acceptors (Lipinski definition) is 4. The van der Waals surface area contributed by atoms with E-state index in [4.69, 9.17) is 14.9 Å². The molecule has 1 rings (SSSR count). The van der Waals surface area contributed by atoms with Gasteiger partial charge in [-0.2, -0.15) is 0 Å². The zero-order valence-electron chi connectivity index (χ0n) is 9.11. The second-order valence-corrected chi connectivity index (χ2v) is 3.17. The van der Waals surface area contributed by atoms with Gasteiger partial charge in [-0.25, -0.2) is 0 Å². The van der Waals surface area contributed by atoms with Gasteiger partial charge in [0.05, 0.1) is 0 Å². The molecule has 1 atom stereocenters. The third kappa shape index (κ3) is 4.49. The van der Waals surface area contributed by atoms with Gasteiger partial charge in [0.25, 0.3) is 0 Å². The molecule has 0 amide bonds. The Morgan fingerprint density at radius 2 is 2.07 bits per heavy atom. The molecule has 0 aromatic heterocycles. The molecular weight excluding hydrogens is 200 g/mol. The average Bonchev–Trinajstić information content (AvgIpc) is 2.34. The standard InChI is InChI=1S/C6H8O3.C4H8O2/c1-3-5(7)6(8)4(2)9-3;1-2-3-4(5)6/h3,8H,1-2H3;2-3H2,1H3,(H,5,6). The number of carboxylic acids is 1. The fourth-order valence-electron chi connectivity index (χ4n) is 0.954. The molecule has 1 unspecified atom stereocenters. The molecule has 0 saturated carbocycles. The third-order valence-corrected chi connectivity index (χ3v) is 1.75. The molecule has 0 saturated heterocycles. The van der Waals surface area contributed by atoms with E-state index < -0.39 is 12.1 Å². The van der Waals surface area contributed by atoms with Crippen LogP contribution in [0.3, 0.4) is 0 Å². The van der Waals surface area contributed by atoms with Crippen molar-refractivity contribution in [2.75, 3.05) is 0 Å². The molecule has 0 aliphatic carbocycles. The van der Waals surface area contributed by atoms with Crippen LogP contribution in [0.1, 0.15) is 33.6 Å². The van der Waals surface area contributed by atoms with Crippen LogP contribution >= 0.6 is 0 Å². The van der Waals surface area contributed by atoms with Crippen LogP contribution in [-0.4, -0.2) is 28.1 Å². The Hall–Kier alpha value is -1.52. The lowest BCUT2D eigenvalue weighted by molar-refractivity contribution is -0.137. The second-order valence-electron chi connectivity index (χ2n) is 3.17. The van der Waals surface area contributed by atoms with E-state index in [1.165, 1.54) is 0 Å². The van der Waals surface area contributed by atoms with Crippen molar-refractivity contribution in [3.8, 4) is 0 Å². The molecule has 5 nitrogen and oxygen atoms in total. The van der Waals surface area contributed by atoms with Crippen molar-refractivity contribution in [2.45, 2.75) is 39.7 Å². The number of carbonyl (C=O) groups is 2. The molecule has 2 N–H and O–H groups in total.